The maximum absolute atomic E-state index is 5.53. The molecule has 0 spiro atoms. The van der Waals surface area contributed by atoms with E-state index in [0.29, 0.717) is 0 Å². The number of unbranched alkanes of at least 4 members (excludes halogenated alkanes) is 2. The molecule has 1 nitrogen and oxygen atoms in total. The van der Waals surface area contributed by atoms with E-state index in [1.165, 1.54) is 31.3 Å². The van der Waals surface area contributed by atoms with Gasteiger partial charge >= 0.3 is 0 Å². The van der Waals surface area contributed by atoms with E-state index in [1.807, 2.05) is 0 Å². The van der Waals surface area contributed by atoms with Gasteiger partial charge < -0.3 is 5.73 Å². The quantitative estimate of drug-likeness (QED) is 0.572. The fourth-order valence-corrected chi connectivity index (χ4v) is 1.02. The first-order valence-corrected chi connectivity index (χ1v) is 3.81. The first-order chi connectivity index (χ1) is 4.34. The Hall–Kier alpha value is -0.460. The van der Waals surface area contributed by atoms with Crippen LogP contribution in [-0.2, 0) is 0 Å². The summed E-state index contributed by atoms with van der Waals surface area (Å²) in [4.78, 5) is 0. The molecule has 0 atom stereocenters. The van der Waals surface area contributed by atoms with Gasteiger partial charge in [-0.25, -0.2) is 0 Å². The van der Waals surface area contributed by atoms with Gasteiger partial charge in [-0.05, 0) is 18.4 Å². The smallest absolute Gasteiger partial charge is 0.0118 e. The molecule has 0 saturated heterocycles. The summed E-state index contributed by atoms with van der Waals surface area (Å²) < 4.78 is 0. The van der Waals surface area contributed by atoms with Crippen molar-refractivity contribution in [3.05, 3.63) is 11.3 Å². The van der Waals surface area contributed by atoms with Crippen LogP contribution in [0.25, 0.3) is 0 Å². The summed E-state index contributed by atoms with van der Waals surface area (Å²) in [6.07, 6.45) is 6.40. The molecule has 1 aliphatic carbocycles. The summed E-state index contributed by atoms with van der Waals surface area (Å²) in [5.74, 6) is 0. The third-order valence-corrected chi connectivity index (χ3v) is 1.82. The van der Waals surface area contributed by atoms with Crippen molar-refractivity contribution < 1.29 is 0 Å². The Kier molecular flexibility index (Phi) is 2.15. The molecule has 0 fully saturated rings. The molecule has 0 aromatic rings. The van der Waals surface area contributed by atoms with E-state index in [4.69, 9.17) is 5.73 Å². The van der Waals surface area contributed by atoms with E-state index >= 15 is 0 Å². The summed E-state index contributed by atoms with van der Waals surface area (Å²) in [7, 11) is 0. The molecular weight excluding hydrogens is 110 g/mol. The largest absolute Gasteiger partial charge is 0.402 e. The fourth-order valence-electron chi connectivity index (χ4n) is 1.02. The predicted octanol–water partition coefficient (Wildman–Crippen LogP) is 2.18. The maximum atomic E-state index is 5.53. The van der Waals surface area contributed by atoms with Crippen LogP contribution in [0.4, 0.5) is 0 Å². The van der Waals surface area contributed by atoms with E-state index in [2.05, 4.69) is 6.92 Å². The first kappa shape index (κ1) is 6.66. The van der Waals surface area contributed by atoms with Crippen molar-refractivity contribution in [1.29, 1.82) is 0 Å². The lowest BCUT2D eigenvalue weighted by Gasteiger charge is -1.90. The zero-order valence-corrected chi connectivity index (χ0v) is 6.11. The summed E-state index contributed by atoms with van der Waals surface area (Å²) in [5.41, 5.74) is 8.20. The van der Waals surface area contributed by atoms with E-state index in [9.17, 15) is 0 Å². The zero-order valence-electron chi connectivity index (χ0n) is 6.11. The summed E-state index contributed by atoms with van der Waals surface area (Å²) in [6.45, 7) is 2.23. The van der Waals surface area contributed by atoms with Crippen LogP contribution < -0.4 is 5.73 Å². The second kappa shape index (κ2) is 2.90. The second-order valence-electron chi connectivity index (χ2n) is 2.76. The average Bonchev–Trinajstić information content (AvgIpc) is 2.48. The molecule has 0 unspecified atom stereocenters. The van der Waals surface area contributed by atoms with E-state index in [-0.39, 0.29) is 0 Å². The van der Waals surface area contributed by atoms with Crippen LogP contribution in [0.15, 0.2) is 11.3 Å². The van der Waals surface area contributed by atoms with E-state index in [0.717, 1.165) is 12.1 Å². The number of hydrogen-bond donors (Lipinski definition) is 1. The minimum absolute atomic E-state index is 1.13. The molecular formula is C8H15N. The average molecular weight is 125 g/mol. The Balaban J connectivity index is 1.94. The minimum atomic E-state index is 1.13. The molecule has 1 aliphatic rings. The normalized spacial score (nSPS) is 16.6. The molecule has 52 valence electrons. The third kappa shape index (κ3) is 2.08. The summed E-state index contributed by atoms with van der Waals surface area (Å²) >= 11 is 0. The van der Waals surface area contributed by atoms with Crippen LogP contribution in [-0.4, -0.2) is 0 Å². The van der Waals surface area contributed by atoms with Crippen molar-refractivity contribution in [3.63, 3.8) is 0 Å². The van der Waals surface area contributed by atoms with Crippen molar-refractivity contribution in [2.24, 2.45) is 5.73 Å². The number of rotatable bonds is 4. The molecule has 0 heterocycles. The third-order valence-electron chi connectivity index (χ3n) is 1.82. The number of allylic oxidation sites excluding steroid dienone is 2. The van der Waals surface area contributed by atoms with Gasteiger partial charge in [-0.1, -0.05) is 19.8 Å². The van der Waals surface area contributed by atoms with Crippen molar-refractivity contribution >= 4 is 0 Å². The molecule has 0 bridgehead atoms. The molecule has 0 aromatic carbocycles. The Morgan fingerprint density at radius 1 is 1.44 bits per heavy atom. The summed E-state index contributed by atoms with van der Waals surface area (Å²) in [5, 5.41) is 0. The van der Waals surface area contributed by atoms with E-state index in [1.54, 1.807) is 0 Å². The Labute approximate surface area is 56.9 Å². The van der Waals surface area contributed by atoms with Gasteiger partial charge in [-0.3, -0.25) is 0 Å². The van der Waals surface area contributed by atoms with Crippen LogP contribution in [0.2, 0.25) is 0 Å². The van der Waals surface area contributed by atoms with Gasteiger partial charge in [0.25, 0.3) is 0 Å². The van der Waals surface area contributed by atoms with Crippen molar-refractivity contribution in [2.45, 2.75) is 39.0 Å². The molecule has 0 saturated carbocycles. The van der Waals surface area contributed by atoms with Gasteiger partial charge in [0, 0.05) is 12.1 Å². The van der Waals surface area contributed by atoms with Gasteiger partial charge in [-0.2, -0.15) is 0 Å². The van der Waals surface area contributed by atoms with Gasteiger partial charge in [0.15, 0.2) is 0 Å². The van der Waals surface area contributed by atoms with Crippen LogP contribution in [0.5, 0.6) is 0 Å². The topological polar surface area (TPSA) is 26.0 Å². The molecule has 1 rings (SSSR count). The summed E-state index contributed by atoms with van der Waals surface area (Å²) in [6, 6.07) is 0. The highest BCUT2D eigenvalue weighted by Gasteiger charge is 2.15. The Bertz CT molecular complexity index is 125. The second-order valence-corrected chi connectivity index (χ2v) is 2.76. The lowest BCUT2D eigenvalue weighted by molar-refractivity contribution is 0.720. The van der Waals surface area contributed by atoms with Crippen molar-refractivity contribution in [1.82, 2.24) is 0 Å². The van der Waals surface area contributed by atoms with Crippen LogP contribution >= 0.6 is 0 Å². The molecule has 0 aromatic heterocycles. The predicted molar refractivity (Wildman–Crippen MR) is 40.0 cm³/mol. The highest BCUT2D eigenvalue weighted by atomic mass is 14.6. The highest BCUT2D eigenvalue weighted by Crippen LogP contribution is 2.30. The van der Waals surface area contributed by atoms with Crippen LogP contribution in [0.1, 0.15) is 39.0 Å². The van der Waals surface area contributed by atoms with Gasteiger partial charge in [0.1, 0.15) is 0 Å². The Morgan fingerprint density at radius 2 is 2.11 bits per heavy atom. The highest BCUT2D eigenvalue weighted by molar-refractivity contribution is 5.31. The SMILES string of the molecule is CCCCCC1=C(N)C1. The molecule has 1 heteroatoms. The Morgan fingerprint density at radius 3 is 2.56 bits per heavy atom. The fraction of sp³-hybridized carbons (Fsp3) is 0.750. The van der Waals surface area contributed by atoms with Gasteiger partial charge in [0.2, 0.25) is 0 Å². The molecule has 0 aliphatic heterocycles. The zero-order chi connectivity index (χ0) is 6.69. The minimum Gasteiger partial charge on any atom is -0.402 e. The van der Waals surface area contributed by atoms with Crippen molar-refractivity contribution in [3.8, 4) is 0 Å². The molecule has 2 N–H and O–H groups in total. The number of hydrogen-bond acceptors (Lipinski definition) is 1. The lowest BCUT2D eigenvalue weighted by atomic mass is 10.2. The van der Waals surface area contributed by atoms with Gasteiger partial charge in [0.05, 0.1) is 0 Å². The first-order valence-electron chi connectivity index (χ1n) is 3.81. The van der Waals surface area contributed by atoms with Crippen LogP contribution in [0, 0.1) is 0 Å². The molecule has 0 amide bonds. The van der Waals surface area contributed by atoms with E-state index < -0.39 is 0 Å². The maximum Gasteiger partial charge on any atom is 0.0118 e. The lowest BCUT2D eigenvalue weighted by Crippen LogP contribution is -1.77. The standard InChI is InChI=1S/C8H15N/c1-2-3-4-5-7-6-8(7)9/h2-6,9H2,1H3. The number of nitrogens with two attached hydrogens (primary N) is 1. The van der Waals surface area contributed by atoms with Crippen molar-refractivity contribution in [2.75, 3.05) is 0 Å². The van der Waals surface area contributed by atoms with Gasteiger partial charge in [-0.15, -0.1) is 0 Å². The molecule has 0 radical (unpaired) electrons. The molecule has 9 heavy (non-hydrogen) atoms. The monoisotopic (exact) mass is 125 g/mol. The van der Waals surface area contributed by atoms with Crippen LogP contribution in [0.3, 0.4) is 0 Å².